The van der Waals surface area contributed by atoms with Crippen LogP contribution in [0.25, 0.3) is 4.85 Å². The van der Waals surface area contributed by atoms with Crippen molar-refractivity contribution < 1.29 is 33.5 Å². The third-order valence-electron chi connectivity index (χ3n) is 6.58. The Hall–Kier alpha value is -2.81. The first-order valence-corrected chi connectivity index (χ1v) is 14.9. The van der Waals surface area contributed by atoms with E-state index in [-0.39, 0.29) is 26.7 Å². The Kier molecular flexibility index (Phi) is 9.42. The first kappa shape index (κ1) is 29.7. The van der Waals surface area contributed by atoms with Gasteiger partial charge in [0.25, 0.3) is 11.1 Å². The minimum atomic E-state index is -3.76. The lowest BCUT2D eigenvalue weighted by Crippen LogP contribution is -2.39. The molecule has 0 aliphatic carbocycles. The summed E-state index contributed by atoms with van der Waals surface area (Å²) < 4.78 is 60.1. The predicted molar refractivity (Wildman–Crippen MR) is 144 cm³/mol. The summed E-state index contributed by atoms with van der Waals surface area (Å²) in [5.41, 5.74) is -2.87. The molecule has 3 unspecified atom stereocenters. The molecule has 2 aromatic rings. The molecule has 0 aromatic carbocycles. The van der Waals surface area contributed by atoms with E-state index in [2.05, 4.69) is 14.8 Å². The van der Waals surface area contributed by atoms with Gasteiger partial charge in [-0.25, -0.2) is 20.6 Å². The number of rotatable bonds is 11. The summed E-state index contributed by atoms with van der Waals surface area (Å²) in [6.07, 6.45) is -5.72. The van der Waals surface area contributed by atoms with Gasteiger partial charge in [0.05, 0.1) is 18.8 Å². The summed E-state index contributed by atoms with van der Waals surface area (Å²) in [6.45, 7) is 3.93. The lowest BCUT2D eigenvalue weighted by atomic mass is 10.0. The van der Waals surface area contributed by atoms with E-state index in [4.69, 9.17) is 47.5 Å². The van der Waals surface area contributed by atoms with E-state index in [1.165, 1.54) is 13.3 Å². The molecular weight excluding hydrogens is 588 g/mol. The quantitative estimate of drug-likeness (QED) is 0.204. The third-order valence-corrected chi connectivity index (χ3v) is 8.94. The minimum Gasteiger partial charge on any atom is -0.374 e. The average molecular weight is 619 g/mol. The Bertz CT molecular complexity index is 1580. The third kappa shape index (κ3) is 6.82. The maximum atomic E-state index is 15.2. The summed E-state index contributed by atoms with van der Waals surface area (Å²) in [7, 11) is 1.33. The van der Waals surface area contributed by atoms with Gasteiger partial charge in [0.1, 0.15) is 18.8 Å². The Morgan fingerprint density at radius 3 is 2.29 bits per heavy atom. The maximum absolute atomic E-state index is 15.2. The van der Waals surface area contributed by atoms with Gasteiger partial charge in [-0.3, -0.25) is 33.2 Å². The smallest absolute Gasteiger partial charge is 0.330 e. The van der Waals surface area contributed by atoms with Crippen molar-refractivity contribution in [1.82, 2.24) is 19.1 Å². The van der Waals surface area contributed by atoms with Crippen LogP contribution >= 0.6 is 6.72 Å². The molecule has 9 atom stereocenters. The van der Waals surface area contributed by atoms with Gasteiger partial charge in [0.15, 0.2) is 18.6 Å². The normalized spacial score (nSPS) is 31.4. The van der Waals surface area contributed by atoms with Gasteiger partial charge in [0, 0.05) is 38.9 Å². The van der Waals surface area contributed by atoms with E-state index >= 15 is 4.39 Å². The molecule has 2 aliphatic rings. The van der Waals surface area contributed by atoms with Crippen LogP contribution in [0.1, 0.15) is 27.7 Å². The molecule has 2 fully saturated rings. The average Bonchev–Trinajstić information content (AvgIpc) is 3.43. The number of H-pyrrole nitrogens is 2. The van der Waals surface area contributed by atoms with Crippen molar-refractivity contribution in [3.8, 4) is 0 Å². The monoisotopic (exact) mass is 618 g/mol. The standard InChI is InChI=1S/C23H29FN5O10PS/c1-12-14(38-20(17(12)24)28-8-5-15(30)26-22(28)32)11-36-40(41,35-10-7-25-3)39-18-13(2)37-21(19(18)34-4)29-9-6-16(31)27-23(29)33/h5-6,8-9,12-14,17-21H,7,10-11H2,1-2,4H3,(H,26,30,32)(H,27,31,33)/t12?,13-,14-,17+,18?,19+,20-,21-,40?/m1/s1/i2D. The van der Waals surface area contributed by atoms with E-state index in [1.807, 2.05) is 0 Å². The number of ether oxygens (including phenoxy) is 3. The van der Waals surface area contributed by atoms with Crippen LogP contribution in [0.3, 0.4) is 0 Å². The molecule has 0 bridgehead atoms. The fraction of sp³-hybridized carbons (Fsp3) is 0.609. The lowest BCUT2D eigenvalue weighted by Gasteiger charge is -2.29. The molecule has 2 saturated heterocycles. The second kappa shape index (κ2) is 13.0. The number of nitrogens with one attached hydrogen (secondary N) is 2. The van der Waals surface area contributed by atoms with Crippen molar-refractivity contribution in [3.05, 3.63) is 77.6 Å². The Labute approximate surface area is 238 Å². The number of halogens is 1. The molecule has 224 valence electrons. The zero-order chi connectivity index (χ0) is 30.6. The zero-order valence-corrected chi connectivity index (χ0v) is 23.6. The van der Waals surface area contributed by atoms with Crippen molar-refractivity contribution in [2.24, 2.45) is 5.92 Å². The van der Waals surface area contributed by atoms with Gasteiger partial charge >= 0.3 is 18.1 Å². The lowest BCUT2D eigenvalue weighted by molar-refractivity contribution is -0.0534. The molecule has 41 heavy (non-hydrogen) atoms. The van der Waals surface area contributed by atoms with Crippen LogP contribution in [0.15, 0.2) is 43.7 Å². The van der Waals surface area contributed by atoms with Crippen molar-refractivity contribution >= 4 is 18.5 Å². The highest BCUT2D eigenvalue weighted by molar-refractivity contribution is 8.07. The van der Waals surface area contributed by atoms with Crippen molar-refractivity contribution in [2.45, 2.75) is 56.9 Å². The molecule has 15 nitrogen and oxygen atoms in total. The summed E-state index contributed by atoms with van der Waals surface area (Å²) >= 11 is 5.62. The number of nitrogens with zero attached hydrogens (tertiary/aromatic N) is 3. The van der Waals surface area contributed by atoms with Crippen molar-refractivity contribution in [3.63, 3.8) is 0 Å². The van der Waals surface area contributed by atoms with Gasteiger partial charge in [-0.2, -0.15) is 0 Å². The first-order valence-electron chi connectivity index (χ1n) is 13.0. The highest BCUT2D eigenvalue weighted by Crippen LogP contribution is 2.54. The van der Waals surface area contributed by atoms with Crippen LogP contribution in [-0.4, -0.2) is 76.6 Å². The van der Waals surface area contributed by atoms with Crippen LogP contribution in [0, 0.1) is 12.5 Å². The van der Waals surface area contributed by atoms with Crippen LogP contribution in [0.5, 0.6) is 0 Å². The van der Waals surface area contributed by atoms with E-state index < -0.39 is 78.2 Å². The Balaban J connectivity index is 1.54. The maximum Gasteiger partial charge on any atom is 0.330 e. The Morgan fingerprint density at radius 2 is 1.73 bits per heavy atom. The second-order valence-electron chi connectivity index (χ2n) is 9.20. The van der Waals surface area contributed by atoms with Crippen LogP contribution < -0.4 is 22.5 Å². The van der Waals surface area contributed by atoms with Gasteiger partial charge in [-0.1, -0.05) is 6.92 Å². The summed E-state index contributed by atoms with van der Waals surface area (Å²) in [5, 5.41) is 0. The molecule has 4 heterocycles. The molecular formula is C23H29FN5O10PS. The van der Waals surface area contributed by atoms with E-state index in [1.54, 1.807) is 6.92 Å². The van der Waals surface area contributed by atoms with Gasteiger partial charge in [-0.15, -0.1) is 0 Å². The summed E-state index contributed by atoms with van der Waals surface area (Å²) in [5.74, 6) is -0.778. The van der Waals surface area contributed by atoms with E-state index in [0.29, 0.717) is 0 Å². The molecule has 0 radical (unpaired) electrons. The fourth-order valence-electron chi connectivity index (χ4n) is 4.43. The topological polar surface area (TPSA) is 169 Å². The predicted octanol–water partition coefficient (Wildman–Crippen LogP) is 0.453. The fourth-order valence-corrected chi connectivity index (χ4v) is 6.52. The molecule has 4 rings (SSSR count). The van der Waals surface area contributed by atoms with E-state index in [0.717, 1.165) is 27.5 Å². The molecule has 0 spiro atoms. The van der Waals surface area contributed by atoms with Crippen LogP contribution in [-0.2, 0) is 39.6 Å². The number of hydrogen-bond acceptors (Lipinski definition) is 11. The molecule has 2 aromatic heterocycles. The number of alkyl halides is 1. The summed E-state index contributed by atoms with van der Waals surface area (Å²) in [4.78, 5) is 55.0. The van der Waals surface area contributed by atoms with Crippen LogP contribution in [0.2, 0.25) is 0 Å². The zero-order valence-electron chi connectivity index (χ0n) is 22.9. The van der Waals surface area contributed by atoms with E-state index in [9.17, 15) is 19.2 Å². The van der Waals surface area contributed by atoms with Gasteiger partial charge in [-0.05, 0) is 18.7 Å². The summed E-state index contributed by atoms with van der Waals surface area (Å²) in [6, 6.07) is 2.19. The highest BCUT2D eigenvalue weighted by Gasteiger charge is 2.49. The molecule has 18 heteroatoms. The number of aromatic amines is 2. The van der Waals surface area contributed by atoms with Crippen molar-refractivity contribution in [1.29, 1.82) is 0 Å². The largest absolute Gasteiger partial charge is 0.374 e. The second-order valence-corrected chi connectivity index (χ2v) is 12.2. The van der Waals surface area contributed by atoms with Gasteiger partial charge < -0.3 is 28.1 Å². The molecule has 2 N–H and O–H groups in total. The molecule has 0 saturated carbocycles. The van der Waals surface area contributed by atoms with Crippen molar-refractivity contribution in [2.75, 3.05) is 26.9 Å². The highest BCUT2D eigenvalue weighted by atomic mass is 32.5. The molecule has 2 aliphatic heterocycles. The van der Waals surface area contributed by atoms with Crippen LogP contribution in [0.4, 0.5) is 4.39 Å². The first-order chi connectivity index (χ1) is 20.0. The SMILES string of the molecule is [2H]C[C@H]1O[C@@H](n2ccc(=O)[nH]c2=O)[C@@H](OC)C1OP(=S)(OCC[N+]#[C-])OC[C@H]1O[C@@H](n2ccc(=O)[nH]c2=O)[C@@H](F)C1C. The minimum absolute atomic E-state index is 0.0721. The number of aromatic nitrogens is 4. The van der Waals surface area contributed by atoms with Gasteiger partial charge in [0.2, 0.25) is 6.54 Å². The number of methoxy groups -OCH3 is 1. The molecule has 0 amide bonds. The number of hydrogen-bond donors (Lipinski definition) is 2. The Morgan fingerprint density at radius 1 is 1.10 bits per heavy atom.